The Labute approximate surface area is 183 Å². The molecule has 0 aliphatic heterocycles. The number of nitrogens with one attached hydrogen (secondary N) is 2. The number of para-hydroxylation sites is 1. The van der Waals surface area contributed by atoms with E-state index in [0.717, 1.165) is 18.0 Å². The molecule has 1 aromatic heterocycles. The first-order valence-electron chi connectivity index (χ1n) is 10.5. The average Bonchev–Trinajstić information content (AvgIpc) is 2.81. The van der Waals surface area contributed by atoms with Crippen molar-refractivity contribution in [2.75, 3.05) is 11.9 Å². The fraction of sp³-hybridized carbons (Fsp3) is 0.280. The van der Waals surface area contributed by atoms with Crippen molar-refractivity contribution in [1.29, 1.82) is 0 Å². The molecule has 0 atom stereocenters. The second kappa shape index (κ2) is 9.72. The summed E-state index contributed by atoms with van der Waals surface area (Å²) in [6.45, 7) is 0.839. The van der Waals surface area contributed by atoms with E-state index in [-0.39, 0.29) is 5.41 Å². The van der Waals surface area contributed by atoms with Gasteiger partial charge in [0, 0.05) is 18.0 Å². The van der Waals surface area contributed by atoms with Crippen molar-refractivity contribution in [1.82, 2.24) is 10.3 Å². The molecule has 2 aromatic carbocycles. The van der Waals surface area contributed by atoms with Gasteiger partial charge in [0.05, 0.1) is 11.9 Å². The first-order valence-corrected chi connectivity index (χ1v) is 10.9. The molecular formula is C25H27N3OS. The Hall–Kier alpha value is -2.92. The molecule has 4 nitrogen and oxygen atoms in total. The van der Waals surface area contributed by atoms with E-state index < -0.39 is 0 Å². The van der Waals surface area contributed by atoms with Crippen LogP contribution < -0.4 is 15.4 Å². The number of benzene rings is 2. The zero-order chi connectivity index (χ0) is 20.7. The van der Waals surface area contributed by atoms with Crippen molar-refractivity contribution in [2.24, 2.45) is 0 Å². The van der Waals surface area contributed by atoms with Crippen molar-refractivity contribution in [2.45, 2.75) is 37.5 Å². The van der Waals surface area contributed by atoms with Gasteiger partial charge in [0.25, 0.3) is 0 Å². The van der Waals surface area contributed by atoms with Crippen LogP contribution in [0, 0.1) is 0 Å². The summed E-state index contributed by atoms with van der Waals surface area (Å²) in [5.74, 6) is 1.32. The Morgan fingerprint density at radius 1 is 0.900 bits per heavy atom. The topological polar surface area (TPSA) is 46.2 Å². The highest BCUT2D eigenvalue weighted by Crippen LogP contribution is 2.38. The molecule has 0 spiro atoms. The lowest BCUT2D eigenvalue weighted by molar-refractivity contribution is 0.292. The van der Waals surface area contributed by atoms with Gasteiger partial charge in [-0.3, -0.25) is 0 Å². The zero-order valence-corrected chi connectivity index (χ0v) is 17.8. The van der Waals surface area contributed by atoms with Crippen LogP contribution in [0.25, 0.3) is 0 Å². The van der Waals surface area contributed by atoms with Crippen molar-refractivity contribution in [3.63, 3.8) is 0 Å². The summed E-state index contributed by atoms with van der Waals surface area (Å²) in [7, 11) is 0. The molecule has 3 aromatic rings. The van der Waals surface area contributed by atoms with E-state index in [1.807, 2.05) is 42.5 Å². The van der Waals surface area contributed by atoms with Crippen LogP contribution in [-0.2, 0) is 5.41 Å². The van der Waals surface area contributed by atoms with Gasteiger partial charge in [-0.05, 0) is 48.8 Å². The largest absolute Gasteiger partial charge is 0.439 e. The Morgan fingerprint density at radius 2 is 1.60 bits per heavy atom. The molecule has 1 fully saturated rings. The molecule has 0 unspecified atom stereocenters. The van der Waals surface area contributed by atoms with E-state index in [1.165, 1.54) is 37.7 Å². The zero-order valence-electron chi connectivity index (χ0n) is 17.0. The number of pyridine rings is 1. The summed E-state index contributed by atoms with van der Waals surface area (Å²) in [5, 5.41) is 7.32. The van der Waals surface area contributed by atoms with Crippen LogP contribution in [0.2, 0.25) is 0 Å². The van der Waals surface area contributed by atoms with Gasteiger partial charge in [0.15, 0.2) is 5.11 Å². The van der Waals surface area contributed by atoms with Crippen LogP contribution >= 0.6 is 12.2 Å². The number of aromatic nitrogens is 1. The molecule has 30 heavy (non-hydrogen) atoms. The lowest BCUT2D eigenvalue weighted by Gasteiger charge is -2.38. The van der Waals surface area contributed by atoms with Crippen LogP contribution in [0.5, 0.6) is 11.6 Å². The Bertz CT molecular complexity index is 939. The Balaban J connectivity index is 1.34. The van der Waals surface area contributed by atoms with Gasteiger partial charge in [-0.1, -0.05) is 67.8 Å². The number of anilines is 1. The second-order valence-electron chi connectivity index (χ2n) is 7.81. The molecule has 0 amide bonds. The Morgan fingerprint density at radius 3 is 2.27 bits per heavy atom. The summed E-state index contributed by atoms with van der Waals surface area (Å²) in [5.41, 5.74) is 2.39. The van der Waals surface area contributed by atoms with Crippen LogP contribution in [0.3, 0.4) is 0 Å². The molecule has 4 rings (SSSR count). The van der Waals surface area contributed by atoms with Crippen molar-refractivity contribution < 1.29 is 4.74 Å². The second-order valence-corrected chi connectivity index (χ2v) is 8.22. The first-order chi connectivity index (χ1) is 14.7. The third-order valence-corrected chi connectivity index (χ3v) is 5.99. The van der Waals surface area contributed by atoms with Crippen LogP contribution in [0.4, 0.5) is 5.69 Å². The highest BCUT2D eigenvalue weighted by atomic mass is 32.1. The summed E-state index contributed by atoms with van der Waals surface area (Å²) in [6.07, 6.45) is 7.98. The van der Waals surface area contributed by atoms with Crippen molar-refractivity contribution >= 4 is 23.0 Å². The molecule has 0 bridgehead atoms. The molecule has 0 saturated heterocycles. The van der Waals surface area contributed by atoms with E-state index in [9.17, 15) is 0 Å². The molecule has 1 aliphatic rings. The van der Waals surface area contributed by atoms with E-state index in [1.54, 1.807) is 6.20 Å². The summed E-state index contributed by atoms with van der Waals surface area (Å²) >= 11 is 5.56. The molecule has 0 radical (unpaired) electrons. The maximum absolute atomic E-state index is 5.74. The van der Waals surface area contributed by atoms with Gasteiger partial charge in [0.1, 0.15) is 5.75 Å². The van der Waals surface area contributed by atoms with E-state index in [4.69, 9.17) is 17.0 Å². The first kappa shape index (κ1) is 20.4. The molecule has 1 aliphatic carbocycles. The fourth-order valence-corrected chi connectivity index (χ4v) is 4.33. The van der Waals surface area contributed by atoms with E-state index >= 15 is 0 Å². The normalized spacial score (nSPS) is 15.2. The minimum absolute atomic E-state index is 0.150. The van der Waals surface area contributed by atoms with Crippen molar-refractivity contribution in [3.05, 3.63) is 84.6 Å². The minimum Gasteiger partial charge on any atom is -0.439 e. The monoisotopic (exact) mass is 417 g/mol. The SMILES string of the molecule is S=C(NCC1(c2ccccc2)CCCCC1)Nc1ccc(Oc2ccccc2)nc1. The molecular weight excluding hydrogens is 390 g/mol. The number of ether oxygens (including phenoxy) is 1. The molecule has 2 N–H and O–H groups in total. The lowest BCUT2D eigenvalue weighted by Crippen LogP contribution is -2.43. The van der Waals surface area contributed by atoms with Gasteiger partial charge >= 0.3 is 0 Å². The highest BCUT2D eigenvalue weighted by molar-refractivity contribution is 7.80. The van der Waals surface area contributed by atoms with Gasteiger partial charge in [0.2, 0.25) is 5.88 Å². The summed E-state index contributed by atoms with van der Waals surface area (Å²) in [4.78, 5) is 4.37. The smallest absolute Gasteiger partial charge is 0.219 e. The van der Waals surface area contributed by atoms with Crippen molar-refractivity contribution in [3.8, 4) is 11.6 Å². The Kier molecular flexibility index (Phi) is 6.60. The molecule has 1 heterocycles. The number of hydrogen-bond donors (Lipinski definition) is 2. The standard InChI is InChI=1S/C25H27N3OS/c30-24(27-19-25(16-8-3-9-17-25)20-10-4-1-5-11-20)28-21-14-15-23(26-18-21)29-22-12-6-2-7-13-22/h1-2,4-7,10-15,18H,3,8-9,16-17,19H2,(H2,27,28,30). The van der Waals surface area contributed by atoms with Crippen LogP contribution in [0.15, 0.2) is 79.0 Å². The van der Waals surface area contributed by atoms with E-state index in [2.05, 4.69) is 45.9 Å². The maximum atomic E-state index is 5.74. The third kappa shape index (κ3) is 5.16. The highest BCUT2D eigenvalue weighted by Gasteiger charge is 2.33. The number of rotatable bonds is 6. The maximum Gasteiger partial charge on any atom is 0.219 e. The van der Waals surface area contributed by atoms with Gasteiger partial charge in [-0.2, -0.15) is 0 Å². The summed E-state index contributed by atoms with van der Waals surface area (Å²) in [6, 6.07) is 24.2. The summed E-state index contributed by atoms with van der Waals surface area (Å²) < 4.78 is 5.74. The van der Waals surface area contributed by atoms with Gasteiger partial charge < -0.3 is 15.4 Å². The lowest BCUT2D eigenvalue weighted by atomic mass is 9.69. The number of nitrogens with zero attached hydrogens (tertiary/aromatic N) is 1. The quantitative estimate of drug-likeness (QED) is 0.477. The third-order valence-electron chi connectivity index (χ3n) is 5.74. The van der Waals surface area contributed by atoms with Crippen LogP contribution in [0.1, 0.15) is 37.7 Å². The molecule has 5 heteroatoms. The fourth-order valence-electron chi connectivity index (χ4n) is 4.14. The van der Waals surface area contributed by atoms with E-state index in [0.29, 0.717) is 11.0 Å². The predicted octanol–water partition coefficient (Wildman–Crippen LogP) is 6.06. The molecule has 154 valence electrons. The number of hydrogen-bond acceptors (Lipinski definition) is 3. The number of thiocarbonyl (C=S) groups is 1. The minimum atomic E-state index is 0.150. The van der Waals surface area contributed by atoms with Gasteiger partial charge in [-0.25, -0.2) is 4.98 Å². The average molecular weight is 418 g/mol. The molecule has 1 saturated carbocycles. The van der Waals surface area contributed by atoms with Gasteiger partial charge in [-0.15, -0.1) is 0 Å². The predicted molar refractivity (Wildman–Crippen MR) is 126 cm³/mol. The van der Waals surface area contributed by atoms with Crippen LogP contribution in [-0.4, -0.2) is 16.6 Å².